The van der Waals surface area contributed by atoms with Crippen LogP contribution in [0, 0.1) is 0 Å². The third-order valence-electron chi connectivity index (χ3n) is 6.85. The summed E-state index contributed by atoms with van der Waals surface area (Å²) < 4.78 is 1.67. The highest BCUT2D eigenvalue weighted by atomic mass is 35.5. The zero-order valence-electron chi connectivity index (χ0n) is 22.5. The van der Waals surface area contributed by atoms with Gasteiger partial charge in [-0.1, -0.05) is 103 Å². The molecule has 204 valence electrons. The highest BCUT2D eigenvalue weighted by Gasteiger charge is 2.17. The van der Waals surface area contributed by atoms with Crippen molar-refractivity contribution in [2.75, 3.05) is 10.6 Å². The van der Waals surface area contributed by atoms with E-state index in [4.69, 9.17) is 24.4 Å². The second kappa shape index (κ2) is 12.2. The largest absolute Gasteiger partial charge is 0.366 e. The number of halogens is 1. The van der Waals surface area contributed by atoms with Gasteiger partial charge in [-0.3, -0.25) is 0 Å². The quantitative estimate of drug-likeness (QED) is 0.186. The minimum absolute atomic E-state index is 0.292. The standard InChI is InChI=1S/C33H26BClN6O/c34-27-21-37-41-30(19-29(39-32(27)41)26-16-7-8-17-28(26)35)36-20-22-10-9-15-25(18-22)38-33(42)40-31(23-11-3-1-4-12-23)24-13-5-2-6-14-24/h1-19,21,31,36H,20H2,(H2,38,40,42). The average Bonchev–Trinajstić information content (AvgIpc) is 3.40. The van der Waals surface area contributed by atoms with Gasteiger partial charge in [-0.2, -0.15) is 9.61 Å². The van der Waals surface area contributed by atoms with E-state index in [1.165, 1.54) is 0 Å². The first-order chi connectivity index (χ1) is 20.5. The van der Waals surface area contributed by atoms with Crippen molar-refractivity contribution in [3.05, 3.63) is 143 Å². The lowest BCUT2D eigenvalue weighted by molar-refractivity contribution is 0.250. The van der Waals surface area contributed by atoms with Gasteiger partial charge in [0, 0.05) is 35.1 Å². The lowest BCUT2D eigenvalue weighted by atomic mass is 9.99. The van der Waals surface area contributed by atoms with Crippen molar-refractivity contribution in [1.29, 1.82) is 0 Å². The summed E-state index contributed by atoms with van der Waals surface area (Å²) in [6, 6.07) is 36.3. The van der Waals surface area contributed by atoms with E-state index < -0.39 is 0 Å². The van der Waals surface area contributed by atoms with Gasteiger partial charge in [-0.05, 0) is 40.4 Å². The third kappa shape index (κ3) is 5.99. The SMILES string of the molecule is [B]c1cnn2c(NCc3cccc(NC(=O)NC(c4ccccc4)c4ccccc4)c3)cc(-c3ccccc3Cl)nc12. The first kappa shape index (κ1) is 27.1. The zero-order valence-corrected chi connectivity index (χ0v) is 23.3. The van der Waals surface area contributed by atoms with Gasteiger partial charge in [-0.15, -0.1) is 0 Å². The van der Waals surface area contributed by atoms with Crippen LogP contribution in [0.3, 0.4) is 0 Å². The summed E-state index contributed by atoms with van der Waals surface area (Å²) in [6.45, 7) is 0.467. The number of nitrogens with zero attached hydrogens (tertiary/aromatic N) is 3. The molecule has 0 spiro atoms. The number of hydrogen-bond acceptors (Lipinski definition) is 4. The van der Waals surface area contributed by atoms with Gasteiger partial charge in [0.2, 0.25) is 0 Å². The minimum Gasteiger partial charge on any atom is -0.366 e. The molecule has 0 aliphatic heterocycles. The van der Waals surface area contributed by atoms with Gasteiger partial charge in [0.15, 0.2) is 5.65 Å². The highest BCUT2D eigenvalue weighted by molar-refractivity contribution is 6.36. The fourth-order valence-corrected chi connectivity index (χ4v) is 5.05. The Bertz CT molecular complexity index is 1810. The van der Waals surface area contributed by atoms with Crippen molar-refractivity contribution < 1.29 is 4.79 Å². The number of anilines is 2. The summed E-state index contributed by atoms with van der Waals surface area (Å²) in [5.41, 5.74) is 6.10. The van der Waals surface area contributed by atoms with Crippen molar-refractivity contribution in [3.63, 3.8) is 0 Å². The smallest absolute Gasteiger partial charge is 0.319 e. The molecule has 0 aliphatic rings. The van der Waals surface area contributed by atoms with E-state index in [0.717, 1.165) is 22.3 Å². The number of nitrogens with one attached hydrogen (secondary N) is 3. The summed E-state index contributed by atoms with van der Waals surface area (Å²) in [4.78, 5) is 17.8. The topological polar surface area (TPSA) is 83.3 Å². The molecule has 42 heavy (non-hydrogen) atoms. The minimum atomic E-state index is -0.301. The van der Waals surface area contributed by atoms with E-state index in [1.54, 1.807) is 10.7 Å². The van der Waals surface area contributed by atoms with E-state index in [9.17, 15) is 4.79 Å². The van der Waals surface area contributed by atoms with Crippen molar-refractivity contribution in [3.8, 4) is 11.3 Å². The van der Waals surface area contributed by atoms with Crippen LogP contribution < -0.4 is 21.4 Å². The number of benzene rings is 4. The Kier molecular flexibility index (Phi) is 7.88. The first-order valence-electron chi connectivity index (χ1n) is 13.4. The molecule has 0 saturated heterocycles. The van der Waals surface area contributed by atoms with Crippen molar-refractivity contribution in [2.24, 2.45) is 0 Å². The van der Waals surface area contributed by atoms with Gasteiger partial charge >= 0.3 is 6.03 Å². The number of amides is 2. The summed E-state index contributed by atoms with van der Waals surface area (Å²) >= 11 is 6.46. The predicted octanol–water partition coefficient (Wildman–Crippen LogP) is 6.37. The van der Waals surface area contributed by atoms with Crippen LogP contribution >= 0.6 is 11.6 Å². The van der Waals surface area contributed by atoms with E-state index in [2.05, 4.69) is 21.0 Å². The molecule has 0 saturated carbocycles. The average molecular weight is 569 g/mol. The molecule has 0 bridgehead atoms. The maximum atomic E-state index is 13.1. The molecule has 7 nitrogen and oxygen atoms in total. The molecule has 2 aromatic heterocycles. The lowest BCUT2D eigenvalue weighted by Crippen LogP contribution is -2.33. The molecule has 9 heteroatoms. The molecule has 2 heterocycles. The Hall–Kier alpha value is -5.08. The second-order valence-electron chi connectivity index (χ2n) is 9.75. The number of hydrogen-bond donors (Lipinski definition) is 3. The molecule has 2 amide bonds. The normalized spacial score (nSPS) is 11.0. The van der Waals surface area contributed by atoms with E-state index in [0.29, 0.717) is 39.9 Å². The van der Waals surface area contributed by atoms with Gasteiger partial charge < -0.3 is 16.0 Å². The van der Waals surface area contributed by atoms with Gasteiger partial charge in [-0.25, -0.2) is 9.78 Å². The van der Waals surface area contributed by atoms with Crippen molar-refractivity contribution in [1.82, 2.24) is 19.9 Å². The molecule has 6 aromatic rings. The Morgan fingerprint density at radius 3 is 2.26 bits per heavy atom. The van der Waals surface area contributed by atoms with Crippen LogP contribution in [0.1, 0.15) is 22.7 Å². The Labute approximate surface area is 250 Å². The molecule has 2 radical (unpaired) electrons. The molecule has 4 aromatic carbocycles. The van der Waals surface area contributed by atoms with Crippen LogP contribution in [-0.4, -0.2) is 28.5 Å². The molecule has 3 N–H and O–H groups in total. The number of urea groups is 1. The van der Waals surface area contributed by atoms with Crippen LogP contribution in [0.25, 0.3) is 16.9 Å². The predicted molar refractivity (Wildman–Crippen MR) is 169 cm³/mol. The molecule has 0 aliphatic carbocycles. The van der Waals surface area contributed by atoms with Crippen LogP contribution in [0.15, 0.2) is 121 Å². The summed E-state index contributed by atoms with van der Waals surface area (Å²) in [5.74, 6) is 0.705. The number of rotatable bonds is 8. The number of carbonyl (C=O) groups is 1. The molecular formula is C33H26BClN6O. The van der Waals surface area contributed by atoms with Crippen LogP contribution in [-0.2, 0) is 6.54 Å². The summed E-state index contributed by atoms with van der Waals surface area (Å²) in [6.07, 6.45) is 1.57. The monoisotopic (exact) mass is 568 g/mol. The second-order valence-corrected chi connectivity index (χ2v) is 10.2. The Morgan fingerprint density at radius 1 is 0.857 bits per heavy atom. The zero-order chi connectivity index (χ0) is 28.9. The maximum Gasteiger partial charge on any atom is 0.319 e. The summed E-state index contributed by atoms with van der Waals surface area (Å²) in [7, 11) is 6.16. The molecule has 0 atom stereocenters. The van der Waals surface area contributed by atoms with E-state index in [1.807, 2.05) is 115 Å². The first-order valence-corrected chi connectivity index (χ1v) is 13.8. The van der Waals surface area contributed by atoms with E-state index >= 15 is 0 Å². The number of fused-ring (bicyclic) bond motifs is 1. The fraction of sp³-hybridized carbons (Fsp3) is 0.0606. The van der Waals surface area contributed by atoms with Crippen molar-refractivity contribution >= 4 is 48.1 Å². The summed E-state index contributed by atoms with van der Waals surface area (Å²) in [5, 5.41) is 14.5. The highest BCUT2D eigenvalue weighted by Crippen LogP contribution is 2.28. The molecule has 0 fully saturated rings. The molecule has 6 rings (SSSR count). The maximum absolute atomic E-state index is 13.1. The van der Waals surface area contributed by atoms with Gasteiger partial charge in [0.1, 0.15) is 13.7 Å². The van der Waals surface area contributed by atoms with Crippen LogP contribution in [0.2, 0.25) is 5.02 Å². The number of aromatic nitrogens is 3. The van der Waals surface area contributed by atoms with E-state index in [-0.39, 0.29) is 12.1 Å². The number of carbonyl (C=O) groups excluding carboxylic acids is 1. The van der Waals surface area contributed by atoms with Gasteiger partial charge in [0.25, 0.3) is 0 Å². The van der Waals surface area contributed by atoms with Gasteiger partial charge in [0.05, 0.1) is 11.7 Å². The van der Waals surface area contributed by atoms with Crippen LogP contribution in [0.4, 0.5) is 16.3 Å². The Balaban J connectivity index is 1.19. The molecule has 0 unspecified atom stereocenters. The Morgan fingerprint density at radius 2 is 1.55 bits per heavy atom. The lowest BCUT2D eigenvalue weighted by Gasteiger charge is -2.20. The van der Waals surface area contributed by atoms with Crippen molar-refractivity contribution in [2.45, 2.75) is 12.6 Å². The fourth-order valence-electron chi connectivity index (χ4n) is 4.81. The molecular weight excluding hydrogens is 543 g/mol. The third-order valence-corrected chi connectivity index (χ3v) is 7.18. The van der Waals surface area contributed by atoms with Crippen LogP contribution in [0.5, 0.6) is 0 Å².